The molecular formula is C20H19ClFN5O2S. The van der Waals surface area contributed by atoms with E-state index in [-0.39, 0.29) is 28.6 Å². The summed E-state index contributed by atoms with van der Waals surface area (Å²) in [6, 6.07) is 12.5. The maximum Gasteiger partial charge on any atom is 0.251 e. The molecule has 0 radical (unpaired) electrons. The topological polar surface area (TPSA) is 88.9 Å². The molecule has 0 unspecified atom stereocenters. The van der Waals surface area contributed by atoms with Crippen LogP contribution in [0.1, 0.15) is 29.1 Å². The van der Waals surface area contributed by atoms with Gasteiger partial charge in [-0.25, -0.2) is 4.39 Å². The number of rotatable bonds is 7. The minimum Gasteiger partial charge on any atom is -0.342 e. The lowest BCUT2D eigenvalue weighted by Crippen LogP contribution is -2.28. The average Bonchev–Trinajstić information content (AvgIpc) is 3.10. The Labute approximate surface area is 182 Å². The first-order valence-electron chi connectivity index (χ1n) is 8.98. The van der Waals surface area contributed by atoms with Gasteiger partial charge in [0.15, 0.2) is 11.0 Å². The molecular weight excluding hydrogens is 429 g/mol. The summed E-state index contributed by atoms with van der Waals surface area (Å²) in [7, 11) is 1.76. The molecule has 7 nitrogen and oxygen atoms in total. The molecule has 10 heteroatoms. The van der Waals surface area contributed by atoms with Crippen LogP contribution in [-0.2, 0) is 11.8 Å². The van der Waals surface area contributed by atoms with E-state index in [4.69, 9.17) is 11.6 Å². The van der Waals surface area contributed by atoms with Crippen molar-refractivity contribution in [1.29, 1.82) is 0 Å². The van der Waals surface area contributed by atoms with Gasteiger partial charge < -0.3 is 15.2 Å². The Bertz CT molecular complexity index is 1060. The zero-order valence-corrected chi connectivity index (χ0v) is 17.8. The third kappa shape index (κ3) is 5.37. The maximum absolute atomic E-state index is 13.2. The molecule has 3 rings (SSSR count). The van der Waals surface area contributed by atoms with Crippen LogP contribution < -0.4 is 10.6 Å². The molecule has 2 amide bonds. The second kappa shape index (κ2) is 9.73. The van der Waals surface area contributed by atoms with E-state index < -0.39 is 5.82 Å². The lowest BCUT2D eigenvalue weighted by atomic mass is 10.2. The fraction of sp³-hybridized carbons (Fsp3) is 0.200. The van der Waals surface area contributed by atoms with E-state index in [2.05, 4.69) is 20.8 Å². The van der Waals surface area contributed by atoms with E-state index in [1.165, 1.54) is 30.0 Å². The number of carbonyl (C=O) groups excluding carboxylic acids is 2. The molecule has 0 saturated heterocycles. The van der Waals surface area contributed by atoms with Crippen LogP contribution in [0.4, 0.5) is 10.1 Å². The molecule has 0 fully saturated rings. The average molecular weight is 448 g/mol. The molecule has 1 heterocycles. The predicted molar refractivity (Wildman–Crippen MR) is 114 cm³/mol. The third-order valence-electron chi connectivity index (χ3n) is 4.18. The van der Waals surface area contributed by atoms with Crippen LogP contribution in [0.5, 0.6) is 0 Å². The summed E-state index contributed by atoms with van der Waals surface area (Å²) in [6.07, 6.45) is 0. The van der Waals surface area contributed by atoms with Gasteiger partial charge in [-0.15, -0.1) is 10.2 Å². The quantitative estimate of drug-likeness (QED) is 0.537. The van der Waals surface area contributed by atoms with Crippen molar-refractivity contribution < 1.29 is 14.0 Å². The number of benzene rings is 2. The second-order valence-electron chi connectivity index (χ2n) is 6.43. The number of nitrogens with zero attached hydrogens (tertiary/aromatic N) is 3. The number of carbonyl (C=O) groups is 2. The maximum atomic E-state index is 13.2. The summed E-state index contributed by atoms with van der Waals surface area (Å²) in [5.41, 5.74) is 0.960. The standard InChI is InChI=1S/C20H19ClFN5O2S/c1-12(23-19(29)13-6-4-3-5-7-13)18-25-26-20(27(18)2)30-11-17(28)24-14-8-9-16(22)15(21)10-14/h3-10,12H,11H2,1-2H3,(H,23,29)(H,24,28)/t12-/m1/s1. The molecule has 2 aromatic carbocycles. The van der Waals surface area contributed by atoms with E-state index in [1.807, 2.05) is 13.0 Å². The number of aromatic nitrogens is 3. The zero-order valence-electron chi connectivity index (χ0n) is 16.2. The lowest BCUT2D eigenvalue weighted by Gasteiger charge is -2.13. The van der Waals surface area contributed by atoms with Gasteiger partial charge in [0.05, 0.1) is 16.8 Å². The second-order valence-corrected chi connectivity index (χ2v) is 7.78. The largest absolute Gasteiger partial charge is 0.342 e. The van der Waals surface area contributed by atoms with Crippen LogP contribution in [-0.4, -0.2) is 32.3 Å². The van der Waals surface area contributed by atoms with E-state index in [1.54, 1.807) is 35.9 Å². The highest BCUT2D eigenvalue weighted by Crippen LogP contribution is 2.22. The zero-order chi connectivity index (χ0) is 21.7. The SMILES string of the molecule is C[C@@H](NC(=O)c1ccccc1)c1nnc(SCC(=O)Nc2ccc(F)c(Cl)c2)n1C. The predicted octanol–water partition coefficient (Wildman–Crippen LogP) is 3.83. The van der Waals surface area contributed by atoms with Crippen LogP contribution in [0.3, 0.4) is 0 Å². The summed E-state index contributed by atoms with van der Waals surface area (Å²) in [5.74, 6) is -0.418. The summed E-state index contributed by atoms with van der Waals surface area (Å²) in [5, 5.41) is 14.2. The van der Waals surface area contributed by atoms with Crippen LogP contribution in [0.25, 0.3) is 0 Å². The molecule has 1 aromatic heterocycles. The molecule has 0 spiro atoms. The number of hydrogen-bond donors (Lipinski definition) is 2. The monoisotopic (exact) mass is 447 g/mol. The summed E-state index contributed by atoms with van der Waals surface area (Å²) in [6.45, 7) is 1.81. The minimum absolute atomic E-state index is 0.0649. The Morgan fingerprint density at radius 1 is 1.20 bits per heavy atom. The molecule has 0 saturated carbocycles. The molecule has 2 N–H and O–H groups in total. The van der Waals surface area contributed by atoms with Crippen molar-refractivity contribution in [3.63, 3.8) is 0 Å². The Balaban J connectivity index is 1.57. The number of nitrogens with one attached hydrogen (secondary N) is 2. The van der Waals surface area contributed by atoms with E-state index in [0.717, 1.165) is 0 Å². The van der Waals surface area contributed by atoms with Gasteiger partial charge in [0.25, 0.3) is 5.91 Å². The first kappa shape index (κ1) is 21.8. The molecule has 0 aliphatic rings. The fourth-order valence-corrected chi connectivity index (χ4v) is 3.56. The normalized spacial score (nSPS) is 11.7. The minimum atomic E-state index is -0.552. The van der Waals surface area contributed by atoms with Gasteiger partial charge in [0.2, 0.25) is 5.91 Å². The van der Waals surface area contributed by atoms with Crippen molar-refractivity contribution in [3.8, 4) is 0 Å². The Morgan fingerprint density at radius 2 is 1.93 bits per heavy atom. The van der Waals surface area contributed by atoms with Gasteiger partial charge >= 0.3 is 0 Å². The summed E-state index contributed by atoms with van der Waals surface area (Å²) >= 11 is 6.91. The molecule has 0 aliphatic heterocycles. The number of anilines is 1. The van der Waals surface area contributed by atoms with Gasteiger partial charge in [-0.05, 0) is 37.3 Å². The van der Waals surface area contributed by atoms with Gasteiger partial charge in [-0.1, -0.05) is 41.6 Å². The molecule has 30 heavy (non-hydrogen) atoms. The van der Waals surface area contributed by atoms with Crippen LogP contribution in [0.2, 0.25) is 5.02 Å². The van der Waals surface area contributed by atoms with Crippen molar-refractivity contribution in [1.82, 2.24) is 20.1 Å². The van der Waals surface area contributed by atoms with Gasteiger partial charge in [-0.2, -0.15) is 0 Å². The third-order valence-corrected chi connectivity index (χ3v) is 5.49. The van der Waals surface area contributed by atoms with Gasteiger partial charge in [0, 0.05) is 18.3 Å². The molecule has 0 aliphatic carbocycles. The molecule has 3 aromatic rings. The van der Waals surface area contributed by atoms with Crippen molar-refractivity contribution in [2.24, 2.45) is 7.05 Å². The Morgan fingerprint density at radius 3 is 2.63 bits per heavy atom. The lowest BCUT2D eigenvalue weighted by molar-refractivity contribution is -0.113. The van der Waals surface area contributed by atoms with Gasteiger partial charge in [-0.3, -0.25) is 9.59 Å². The Kier molecular flexibility index (Phi) is 7.07. The molecule has 0 bridgehead atoms. The molecule has 156 valence electrons. The first-order valence-corrected chi connectivity index (χ1v) is 10.3. The number of halogens is 2. The highest BCUT2D eigenvalue weighted by molar-refractivity contribution is 7.99. The van der Waals surface area contributed by atoms with Crippen molar-refractivity contribution in [2.45, 2.75) is 18.1 Å². The van der Waals surface area contributed by atoms with E-state index in [0.29, 0.717) is 22.2 Å². The van der Waals surface area contributed by atoms with Crippen LogP contribution in [0, 0.1) is 5.82 Å². The number of thioether (sulfide) groups is 1. The first-order chi connectivity index (χ1) is 14.3. The van der Waals surface area contributed by atoms with E-state index >= 15 is 0 Å². The van der Waals surface area contributed by atoms with Crippen molar-refractivity contribution >= 4 is 40.9 Å². The smallest absolute Gasteiger partial charge is 0.251 e. The summed E-state index contributed by atoms with van der Waals surface area (Å²) < 4.78 is 14.9. The molecule has 1 atom stereocenters. The van der Waals surface area contributed by atoms with Gasteiger partial charge in [0.1, 0.15) is 5.82 Å². The fourth-order valence-electron chi connectivity index (χ4n) is 2.66. The van der Waals surface area contributed by atoms with Crippen LogP contribution in [0.15, 0.2) is 53.7 Å². The van der Waals surface area contributed by atoms with Crippen molar-refractivity contribution in [3.05, 3.63) is 70.8 Å². The highest BCUT2D eigenvalue weighted by Gasteiger charge is 2.19. The van der Waals surface area contributed by atoms with Crippen molar-refractivity contribution in [2.75, 3.05) is 11.1 Å². The number of hydrogen-bond acceptors (Lipinski definition) is 5. The summed E-state index contributed by atoms with van der Waals surface area (Å²) in [4.78, 5) is 24.5. The Hall–Kier alpha value is -2.91. The van der Waals surface area contributed by atoms with Crippen LogP contribution >= 0.6 is 23.4 Å². The van der Waals surface area contributed by atoms with E-state index in [9.17, 15) is 14.0 Å². The highest BCUT2D eigenvalue weighted by atomic mass is 35.5. The number of amides is 2.